The molecule has 0 radical (unpaired) electrons. The van der Waals surface area contributed by atoms with E-state index < -0.39 is 0 Å². The monoisotopic (exact) mass is 158 g/mol. The maximum Gasteiger partial charge on any atom is 0.0543 e. The van der Waals surface area contributed by atoms with Crippen molar-refractivity contribution < 1.29 is 9.84 Å². The van der Waals surface area contributed by atoms with E-state index in [2.05, 4.69) is 0 Å². The first kappa shape index (κ1) is 9.01. The van der Waals surface area contributed by atoms with Crippen molar-refractivity contribution in [3.05, 3.63) is 0 Å². The Morgan fingerprint density at radius 3 is 2.91 bits per heavy atom. The summed E-state index contributed by atoms with van der Waals surface area (Å²) in [5, 5.41) is 9.32. The molecule has 2 unspecified atom stereocenters. The van der Waals surface area contributed by atoms with E-state index in [0.717, 1.165) is 26.1 Å². The largest absolute Gasteiger partial charge is 0.393 e. The van der Waals surface area contributed by atoms with Crippen LogP contribution in [-0.2, 0) is 4.74 Å². The predicted molar refractivity (Wildman–Crippen MR) is 44.5 cm³/mol. The van der Waals surface area contributed by atoms with Crippen molar-refractivity contribution in [2.75, 3.05) is 13.2 Å². The normalized spacial score (nSPS) is 32.2. The molecular weight excluding hydrogens is 140 g/mol. The van der Waals surface area contributed by atoms with Crippen molar-refractivity contribution in [3.8, 4) is 0 Å². The minimum atomic E-state index is -0.0609. The Kier molecular flexibility index (Phi) is 3.87. The predicted octanol–water partition coefficient (Wildman–Crippen LogP) is 1.57. The summed E-state index contributed by atoms with van der Waals surface area (Å²) in [7, 11) is 0. The molecule has 2 nitrogen and oxygen atoms in total. The van der Waals surface area contributed by atoms with Gasteiger partial charge in [0.2, 0.25) is 0 Å². The van der Waals surface area contributed by atoms with Crippen LogP contribution < -0.4 is 0 Å². The molecule has 2 atom stereocenters. The van der Waals surface area contributed by atoms with E-state index >= 15 is 0 Å². The van der Waals surface area contributed by atoms with Gasteiger partial charge >= 0.3 is 0 Å². The zero-order valence-electron chi connectivity index (χ0n) is 7.25. The minimum Gasteiger partial charge on any atom is -0.393 e. The smallest absolute Gasteiger partial charge is 0.0543 e. The first-order valence-corrected chi connectivity index (χ1v) is 4.58. The second-order valence-electron chi connectivity index (χ2n) is 3.35. The molecule has 1 fully saturated rings. The quantitative estimate of drug-likeness (QED) is 0.675. The molecule has 0 spiro atoms. The Balaban J connectivity index is 2.12. The number of ether oxygens (including phenoxy) is 1. The van der Waals surface area contributed by atoms with Crippen molar-refractivity contribution in [1.29, 1.82) is 0 Å². The van der Waals surface area contributed by atoms with Crippen LogP contribution >= 0.6 is 0 Å². The van der Waals surface area contributed by atoms with Crippen LogP contribution in [-0.4, -0.2) is 24.4 Å². The molecule has 1 saturated carbocycles. The summed E-state index contributed by atoms with van der Waals surface area (Å²) in [5.41, 5.74) is 0. The average Bonchev–Trinajstić information content (AvgIpc) is 2.01. The zero-order valence-corrected chi connectivity index (χ0v) is 7.25. The number of hydrogen-bond acceptors (Lipinski definition) is 2. The first-order valence-electron chi connectivity index (χ1n) is 4.58. The Labute approximate surface area is 68.6 Å². The Hall–Kier alpha value is -0.0800. The van der Waals surface area contributed by atoms with Gasteiger partial charge in [0.05, 0.1) is 6.10 Å². The molecule has 0 saturated heterocycles. The SMILES string of the molecule is CCOCC1CCCC(O)C1. The van der Waals surface area contributed by atoms with E-state index in [0.29, 0.717) is 5.92 Å². The minimum absolute atomic E-state index is 0.0609. The van der Waals surface area contributed by atoms with Crippen LogP contribution in [0.5, 0.6) is 0 Å². The first-order chi connectivity index (χ1) is 5.33. The third-order valence-electron chi connectivity index (χ3n) is 2.31. The summed E-state index contributed by atoms with van der Waals surface area (Å²) in [4.78, 5) is 0. The lowest BCUT2D eigenvalue weighted by atomic mass is 9.88. The van der Waals surface area contributed by atoms with Gasteiger partial charge in [0.15, 0.2) is 0 Å². The van der Waals surface area contributed by atoms with Gasteiger partial charge in [-0.1, -0.05) is 6.42 Å². The van der Waals surface area contributed by atoms with Crippen LogP contribution in [0.4, 0.5) is 0 Å². The number of hydrogen-bond donors (Lipinski definition) is 1. The summed E-state index contributed by atoms with van der Waals surface area (Å²) in [6.45, 7) is 3.65. The second kappa shape index (κ2) is 4.73. The molecule has 1 aliphatic rings. The molecule has 0 bridgehead atoms. The van der Waals surface area contributed by atoms with Gasteiger partial charge < -0.3 is 9.84 Å². The van der Waals surface area contributed by atoms with Crippen molar-refractivity contribution in [1.82, 2.24) is 0 Å². The molecule has 0 aromatic carbocycles. The van der Waals surface area contributed by atoms with Crippen LogP contribution in [0.2, 0.25) is 0 Å². The standard InChI is InChI=1S/C9H18O2/c1-2-11-7-8-4-3-5-9(10)6-8/h8-10H,2-7H2,1H3. The summed E-state index contributed by atoms with van der Waals surface area (Å²) < 4.78 is 5.31. The van der Waals surface area contributed by atoms with Crippen LogP contribution in [0.1, 0.15) is 32.6 Å². The highest BCUT2D eigenvalue weighted by atomic mass is 16.5. The van der Waals surface area contributed by atoms with E-state index in [1.807, 2.05) is 6.92 Å². The maximum atomic E-state index is 9.32. The number of aliphatic hydroxyl groups is 1. The zero-order chi connectivity index (χ0) is 8.10. The molecular formula is C9H18O2. The molecule has 66 valence electrons. The lowest BCUT2D eigenvalue weighted by molar-refractivity contribution is 0.0457. The molecule has 0 heterocycles. The van der Waals surface area contributed by atoms with Crippen molar-refractivity contribution in [2.24, 2.45) is 5.92 Å². The molecule has 0 aromatic rings. The van der Waals surface area contributed by atoms with Crippen LogP contribution in [0.3, 0.4) is 0 Å². The summed E-state index contributed by atoms with van der Waals surface area (Å²) in [6, 6.07) is 0. The summed E-state index contributed by atoms with van der Waals surface area (Å²) in [5.74, 6) is 0.610. The summed E-state index contributed by atoms with van der Waals surface area (Å²) >= 11 is 0. The Morgan fingerprint density at radius 1 is 1.45 bits per heavy atom. The van der Waals surface area contributed by atoms with Crippen molar-refractivity contribution >= 4 is 0 Å². The highest BCUT2D eigenvalue weighted by Gasteiger charge is 2.19. The molecule has 11 heavy (non-hydrogen) atoms. The molecule has 1 rings (SSSR count). The Morgan fingerprint density at radius 2 is 2.27 bits per heavy atom. The van der Waals surface area contributed by atoms with Crippen LogP contribution in [0.25, 0.3) is 0 Å². The van der Waals surface area contributed by atoms with Gasteiger partial charge in [0.1, 0.15) is 0 Å². The lowest BCUT2D eigenvalue weighted by Gasteiger charge is -2.25. The molecule has 2 heteroatoms. The highest BCUT2D eigenvalue weighted by Crippen LogP contribution is 2.24. The van der Waals surface area contributed by atoms with Gasteiger partial charge in [0, 0.05) is 13.2 Å². The lowest BCUT2D eigenvalue weighted by Crippen LogP contribution is -2.22. The Bertz CT molecular complexity index is 104. The molecule has 0 aromatic heterocycles. The van der Waals surface area contributed by atoms with Gasteiger partial charge in [-0.3, -0.25) is 0 Å². The van der Waals surface area contributed by atoms with Crippen molar-refractivity contribution in [2.45, 2.75) is 38.7 Å². The summed E-state index contributed by atoms with van der Waals surface area (Å²) in [6.07, 6.45) is 4.27. The fraction of sp³-hybridized carbons (Fsp3) is 1.00. The third kappa shape index (κ3) is 3.21. The molecule has 1 aliphatic carbocycles. The maximum absolute atomic E-state index is 9.32. The van der Waals surface area contributed by atoms with Crippen molar-refractivity contribution in [3.63, 3.8) is 0 Å². The fourth-order valence-corrected chi connectivity index (χ4v) is 1.70. The molecule has 0 aliphatic heterocycles. The topological polar surface area (TPSA) is 29.5 Å². The van der Waals surface area contributed by atoms with Crippen LogP contribution in [0.15, 0.2) is 0 Å². The molecule has 0 amide bonds. The average molecular weight is 158 g/mol. The fourth-order valence-electron chi connectivity index (χ4n) is 1.70. The van der Waals surface area contributed by atoms with Gasteiger partial charge in [-0.05, 0) is 32.1 Å². The van der Waals surface area contributed by atoms with E-state index in [-0.39, 0.29) is 6.10 Å². The number of aliphatic hydroxyl groups excluding tert-OH is 1. The van der Waals surface area contributed by atoms with E-state index in [1.165, 1.54) is 12.8 Å². The van der Waals surface area contributed by atoms with E-state index in [1.54, 1.807) is 0 Å². The number of rotatable bonds is 3. The van der Waals surface area contributed by atoms with E-state index in [4.69, 9.17) is 4.74 Å². The van der Waals surface area contributed by atoms with Gasteiger partial charge in [-0.2, -0.15) is 0 Å². The van der Waals surface area contributed by atoms with E-state index in [9.17, 15) is 5.11 Å². The van der Waals surface area contributed by atoms with Gasteiger partial charge in [-0.15, -0.1) is 0 Å². The van der Waals surface area contributed by atoms with Gasteiger partial charge in [0.25, 0.3) is 0 Å². The highest BCUT2D eigenvalue weighted by molar-refractivity contribution is 4.71. The second-order valence-corrected chi connectivity index (χ2v) is 3.35. The third-order valence-corrected chi connectivity index (χ3v) is 2.31. The van der Waals surface area contributed by atoms with Gasteiger partial charge in [-0.25, -0.2) is 0 Å². The van der Waals surface area contributed by atoms with Crippen LogP contribution in [0, 0.1) is 5.92 Å². The molecule has 1 N–H and O–H groups in total.